The Hall–Kier alpha value is -1.36. The molecule has 1 rings (SSSR count). The molecular formula is C14H25N3O2. The van der Waals surface area contributed by atoms with E-state index in [0.717, 1.165) is 18.5 Å². The first-order valence-corrected chi connectivity index (χ1v) is 6.90. The van der Waals surface area contributed by atoms with E-state index in [1.165, 1.54) is 0 Å². The highest BCUT2D eigenvalue weighted by atomic mass is 16.4. The molecule has 0 saturated carbocycles. The van der Waals surface area contributed by atoms with Crippen LogP contribution in [0.1, 0.15) is 45.6 Å². The number of carboxylic acids is 1. The summed E-state index contributed by atoms with van der Waals surface area (Å²) in [5.74, 6) is -0.764. The molecule has 1 aromatic rings. The lowest BCUT2D eigenvalue weighted by atomic mass is 9.89. The molecule has 108 valence electrons. The Balaban J connectivity index is 2.60. The van der Waals surface area contributed by atoms with Gasteiger partial charge in [-0.25, -0.2) is 0 Å². The first-order valence-electron chi connectivity index (χ1n) is 6.90. The molecule has 0 amide bonds. The summed E-state index contributed by atoms with van der Waals surface area (Å²) in [5, 5.41) is 16.9. The lowest BCUT2D eigenvalue weighted by Crippen LogP contribution is -2.54. The molecule has 2 N–H and O–H groups in total. The number of nitrogens with one attached hydrogen (secondary N) is 1. The summed E-state index contributed by atoms with van der Waals surface area (Å²) in [5.41, 5.74) is 0.302. The maximum atomic E-state index is 11.5. The third-order valence-corrected chi connectivity index (χ3v) is 3.33. The first-order chi connectivity index (χ1) is 8.89. The van der Waals surface area contributed by atoms with Gasteiger partial charge in [0.15, 0.2) is 0 Å². The Bertz CT molecular complexity index is 415. The molecule has 0 aliphatic heterocycles. The summed E-state index contributed by atoms with van der Waals surface area (Å²) in [6, 6.07) is 0.156. The van der Waals surface area contributed by atoms with Crippen LogP contribution >= 0.6 is 0 Å². The predicted octanol–water partition coefficient (Wildman–Crippen LogP) is 2.20. The quantitative estimate of drug-likeness (QED) is 0.757. The molecule has 1 heterocycles. The lowest BCUT2D eigenvalue weighted by molar-refractivity contribution is -0.145. The molecule has 1 aromatic heterocycles. The van der Waals surface area contributed by atoms with Crippen LogP contribution in [0.5, 0.6) is 0 Å². The van der Waals surface area contributed by atoms with Gasteiger partial charge in [0, 0.05) is 18.8 Å². The van der Waals surface area contributed by atoms with Gasteiger partial charge in [-0.2, -0.15) is 5.10 Å². The molecule has 0 aromatic carbocycles. The minimum atomic E-state index is -0.823. The molecule has 0 aliphatic carbocycles. The van der Waals surface area contributed by atoms with E-state index in [1.54, 1.807) is 0 Å². The van der Waals surface area contributed by atoms with Crippen molar-refractivity contribution in [1.82, 2.24) is 15.1 Å². The number of nitrogens with zero attached hydrogens (tertiary/aromatic N) is 2. The maximum Gasteiger partial charge on any atom is 0.323 e. The molecule has 0 fully saturated rings. The van der Waals surface area contributed by atoms with Crippen molar-refractivity contribution in [2.75, 3.05) is 0 Å². The normalized spacial score (nSPS) is 14.6. The molecule has 5 heteroatoms. The van der Waals surface area contributed by atoms with Crippen molar-refractivity contribution in [2.24, 2.45) is 0 Å². The van der Waals surface area contributed by atoms with Crippen molar-refractivity contribution in [3.63, 3.8) is 0 Å². The van der Waals surface area contributed by atoms with Gasteiger partial charge in [0.05, 0.1) is 6.20 Å². The molecule has 1 unspecified atom stereocenters. The molecule has 0 radical (unpaired) electrons. The SMILES string of the molecule is CCC(CCCn1cc(C)cn1)(NC(C)C)C(=O)O. The number of aliphatic carboxylic acids is 1. The van der Waals surface area contributed by atoms with Crippen LogP contribution in [0.4, 0.5) is 0 Å². The minimum absolute atomic E-state index is 0.156. The second kappa shape index (κ2) is 6.70. The third kappa shape index (κ3) is 4.35. The van der Waals surface area contributed by atoms with Gasteiger partial charge in [0.1, 0.15) is 5.54 Å². The number of rotatable bonds is 8. The second-order valence-electron chi connectivity index (χ2n) is 5.42. The van der Waals surface area contributed by atoms with E-state index in [4.69, 9.17) is 0 Å². The van der Waals surface area contributed by atoms with Crippen LogP contribution in [0.2, 0.25) is 0 Å². The fraction of sp³-hybridized carbons (Fsp3) is 0.714. The monoisotopic (exact) mass is 267 g/mol. The van der Waals surface area contributed by atoms with Crippen molar-refractivity contribution < 1.29 is 9.90 Å². The standard InChI is InChI=1S/C14H25N3O2/c1-5-14(13(18)19,16-11(2)3)7-6-8-17-10-12(4)9-15-17/h9-11,16H,5-8H2,1-4H3,(H,18,19). The molecule has 0 spiro atoms. The zero-order valence-electron chi connectivity index (χ0n) is 12.3. The Morgan fingerprint density at radius 3 is 2.68 bits per heavy atom. The van der Waals surface area contributed by atoms with Gasteiger partial charge in [-0.1, -0.05) is 6.92 Å². The van der Waals surface area contributed by atoms with E-state index in [1.807, 2.05) is 44.8 Å². The summed E-state index contributed by atoms with van der Waals surface area (Å²) in [7, 11) is 0. The van der Waals surface area contributed by atoms with Gasteiger partial charge in [0.25, 0.3) is 0 Å². The van der Waals surface area contributed by atoms with E-state index in [9.17, 15) is 9.90 Å². The molecular weight excluding hydrogens is 242 g/mol. The number of carbonyl (C=O) groups is 1. The van der Waals surface area contributed by atoms with Crippen LogP contribution < -0.4 is 5.32 Å². The largest absolute Gasteiger partial charge is 0.480 e. The zero-order valence-corrected chi connectivity index (χ0v) is 12.3. The van der Waals surface area contributed by atoms with Crippen LogP contribution in [0, 0.1) is 6.92 Å². The molecule has 1 atom stereocenters. The van der Waals surface area contributed by atoms with Crippen LogP contribution in [-0.4, -0.2) is 32.4 Å². The van der Waals surface area contributed by atoms with E-state index in [-0.39, 0.29) is 6.04 Å². The van der Waals surface area contributed by atoms with E-state index in [0.29, 0.717) is 12.8 Å². The average Bonchev–Trinajstić information content (AvgIpc) is 2.73. The van der Waals surface area contributed by atoms with Gasteiger partial charge in [-0.3, -0.25) is 14.8 Å². The topological polar surface area (TPSA) is 67.2 Å². The second-order valence-corrected chi connectivity index (χ2v) is 5.42. The van der Waals surface area contributed by atoms with Gasteiger partial charge < -0.3 is 5.11 Å². The Morgan fingerprint density at radius 2 is 2.26 bits per heavy atom. The molecule has 19 heavy (non-hydrogen) atoms. The summed E-state index contributed by atoms with van der Waals surface area (Å²) in [4.78, 5) is 11.5. The maximum absolute atomic E-state index is 11.5. The predicted molar refractivity (Wildman–Crippen MR) is 75.1 cm³/mol. The lowest BCUT2D eigenvalue weighted by Gasteiger charge is -2.31. The van der Waals surface area contributed by atoms with E-state index >= 15 is 0 Å². The van der Waals surface area contributed by atoms with Crippen molar-refractivity contribution >= 4 is 5.97 Å². The van der Waals surface area contributed by atoms with Gasteiger partial charge in [0.2, 0.25) is 0 Å². The Morgan fingerprint density at radius 1 is 1.58 bits per heavy atom. The Kier molecular flexibility index (Phi) is 5.54. The van der Waals surface area contributed by atoms with Gasteiger partial charge in [-0.05, 0) is 45.6 Å². The van der Waals surface area contributed by atoms with Crippen molar-refractivity contribution in [1.29, 1.82) is 0 Å². The summed E-state index contributed by atoms with van der Waals surface area (Å²) >= 11 is 0. The summed E-state index contributed by atoms with van der Waals surface area (Å²) in [6.45, 7) is 8.62. The van der Waals surface area contributed by atoms with E-state index < -0.39 is 11.5 Å². The van der Waals surface area contributed by atoms with Gasteiger partial charge in [-0.15, -0.1) is 0 Å². The smallest absolute Gasteiger partial charge is 0.323 e. The van der Waals surface area contributed by atoms with E-state index in [2.05, 4.69) is 10.4 Å². The molecule has 5 nitrogen and oxygen atoms in total. The van der Waals surface area contributed by atoms with Gasteiger partial charge >= 0.3 is 5.97 Å². The fourth-order valence-corrected chi connectivity index (χ4v) is 2.36. The van der Waals surface area contributed by atoms with Crippen LogP contribution in [0.25, 0.3) is 0 Å². The highest BCUT2D eigenvalue weighted by Crippen LogP contribution is 2.19. The number of aryl methyl sites for hydroxylation is 2. The molecule has 0 bridgehead atoms. The van der Waals surface area contributed by atoms with Crippen LogP contribution in [0.3, 0.4) is 0 Å². The average molecular weight is 267 g/mol. The zero-order chi connectivity index (χ0) is 14.5. The first kappa shape index (κ1) is 15.7. The minimum Gasteiger partial charge on any atom is -0.480 e. The highest BCUT2D eigenvalue weighted by molar-refractivity contribution is 5.78. The Labute approximate surface area is 115 Å². The number of aromatic nitrogens is 2. The fourth-order valence-electron chi connectivity index (χ4n) is 2.36. The van der Waals surface area contributed by atoms with Crippen LogP contribution in [0.15, 0.2) is 12.4 Å². The van der Waals surface area contributed by atoms with Crippen molar-refractivity contribution in [3.05, 3.63) is 18.0 Å². The summed E-state index contributed by atoms with van der Waals surface area (Å²) in [6.07, 6.45) is 5.77. The number of carboxylic acid groups (broad SMARTS) is 1. The molecule has 0 aliphatic rings. The number of hydrogen-bond acceptors (Lipinski definition) is 3. The third-order valence-electron chi connectivity index (χ3n) is 3.33. The highest BCUT2D eigenvalue weighted by Gasteiger charge is 2.36. The van der Waals surface area contributed by atoms with Crippen molar-refractivity contribution in [3.8, 4) is 0 Å². The number of hydrogen-bond donors (Lipinski definition) is 2. The molecule has 0 saturated heterocycles. The van der Waals surface area contributed by atoms with Crippen molar-refractivity contribution in [2.45, 2.75) is 65.1 Å². The summed E-state index contributed by atoms with van der Waals surface area (Å²) < 4.78 is 1.87. The van der Waals surface area contributed by atoms with Crippen LogP contribution in [-0.2, 0) is 11.3 Å².